The van der Waals surface area contributed by atoms with Crippen LogP contribution in [0.5, 0.6) is 5.75 Å². The zero-order valence-corrected chi connectivity index (χ0v) is 38.7. The van der Waals surface area contributed by atoms with Gasteiger partial charge < -0.3 is 34.3 Å². The number of aromatic hydroxyl groups is 1. The number of aromatic nitrogens is 2. The number of hydrazine groups is 1. The number of aryl methyl sites for hydroxylation is 1. The molecule has 5 heterocycles. The van der Waals surface area contributed by atoms with Crippen molar-refractivity contribution in [3.8, 4) is 28.1 Å². The number of rotatable bonds is 10. The third-order valence-corrected chi connectivity index (χ3v) is 13.1. The fraction of sp³-hybridized carbons (Fsp3) is 0.480. The third-order valence-electron chi connectivity index (χ3n) is 13.1. The predicted molar refractivity (Wildman–Crippen MR) is 247 cm³/mol. The van der Waals surface area contributed by atoms with Gasteiger partial charge in [0.2, 0.25) is 23.6 Å². The quantitative estimate of drug-likeness (QED) is 0.142. The molecule has 0 aliphatic carbocycles. The minimum atomic E-state index is -0.854. The average molecular weight is 890 g/mol. The van der Waals surface area contributed by atoms with E-state index < -0.39 is 41.2 Å². The summed E-state index contributed by atoms with van der Waals surface area (Å²) in [5.74, 6) is -3.21. The summed E-state index contributed by atoms with van der Waals surface area (Å²) in [5, 5.41) is 16.7. The van der Waals surface area contributed by atoms with Gasteiger partial charge in [-0.2, -0.15) is 0 Å². The summed E-state index contributed by atoms with van der Waals surface area (Å²) in [6.07, 6.45) is 5.19. The number of likely N-dealkylation sites (tertiary alicyclic amines) is 1. The van der Waals surface area contributed by atoms with Crippen LogP contribution in [-0.2, 0) is 59.9 Å². The number of phenols is 1. The molecule has 0 radical (unpaired) electrons. The van der Waals surface area contributed by atoms with Crippen molar-refractivity contribution in [2.45, 2.75) is 78.5 Å². The first-order chi connectivity index (χ1) is 31.0. The van der Waals surface area contributed by atoms with Crippen LogP contribution < -0.4 is 10.7 Å². The van der Waals surface area contributed by atoms with E-state index in [4.69, 9.17) is 9.47 Å². The molecule has 15 nitrogen and oxygen atoms in total. The lowest BCUT2D eigenvalue weighted by atomic mass is 9.84. The summed E-state index contributed by atoms with van der Waals surface area (Å²) < 4.78 is 13.8. The molecule has 2 aromatic carbocycles. The van der Waals surface area contributed by atoms with Crippen LogP contribution in [0.25, 0.3) is 33.3 Å². The number of benzene rings is 2. The Kier molecular flexibility index (Phi) is 14.1. The van der Waals surface area contributed by atoms with Gasteiger partial charge in [0.1, 0.15) is 17.8 Å². The van der Waals surface area contributed by atoms with E-state index in [0.29, 0.717) is 50.9 Å². The molecule has 2 saturated heterocycles. The molecule has 6 bridgehead atoms. The second-order valence-electron chi connectivity index (χ2n) is 19.0. The van der Waals surface area contributed by atoms with Gasteiger partial charge in [-0.25, -0.2) is 5.43 Å². The molecule has 3 aliphatic rings. The van der Waals surface area contributed by atoms with Crippen LogP contribution in [0.15, 0.2) is 67.4 Å². The number of hydrogen-bond donors (Lipinski definition) is 3. The SMILES string of the molecule is C=CC(=O)N1CC[C@H](C(=O)N(C)[C@H](C(=O)NC[C@H]2Cc3cc(O)cc(c3)-c3ccc4c(c3)c(c(-c3cccnc3COC)n4C)CC(C)(C)COC(=O)[C@@H]3CCCN(N3)C2=O)C(C)C)C1. The van der Waals surface area contributed by atoms with Crippen LogP contribution >= 0.6 is 0 Å². The van der Waals surface area contributed by atoms with E-state index in [1.165, 1.54) is 16.0 Å². The maximum Gasteiger partial charge on any atom is 0.324 e. The molecule has 4 atom stereocenters. The van der Waals surface area contributed by atoms with Crippen LogP contribution in [0.4, 0.5) is 0 Å². The molecule has 4 amide bonds. The molecule has 346 valence electrons. The third kappa shape index (κ3) is 10.1. The molecular weight excluding hydrogens is 827 g/mol. The first-order valence-corrected chi connectivity index (χ1v) is 22.6. The van der Waals surface area contributed by atoms with E-state index in [0.717, 1.165) is 44.5 Å². The molecule has 0 saturated carbocycles. The molecule has 2 fully saturated rings. The number of cyclic esters (lactones) is 1. The molecule has 3 aliphatic heterocycles. The topological polar surface area (TPSA) is 176 Å². The fourth-order valence-corrected chi connectivity index (χ4v) is 9.82. The van der Waals surface area contributed by atoms with Crippen LogP contribution in [0.1, 0.15) is 63.8 Å². The Balaban J connectivity index is 1.25. The summed E-state index contributed by atoms with van der Waals surface area (Å²) in [5.41, 5.74) is 9.66. The number of ether oxygens (including phenoxy) is 2. The zero-order chi connectivity index (χ0) is 46.7. The number of pyridine rings is 1. The Hall–Kier alpha value is -6.06. The molecule has 15 heteroatoms. The first-order valence-electron chi connectivity index (χ1n) is 22.6. The van der Waals surface area contributed by atoms with E-state index in [2.05, 4.69) is 52.9 Å². The molecule has 0 spiro atoms. The van der Waals surface area contributed by atoms with Gasteiger partial charge in [0.05, 0.1) is 36.4 Å². The van der Waals surface area contributed by atoms with Gasteiger partial charge in [-0.3, -0.25) is 34.0 Å². The normalized spacial score (nSPS) is 20.6. The number of nitrogens with one attached hydrogen (secondary N) is 2. The largest absolute Gasteiger partial charge is 0.508 e. The summed E-state index contributed by atoms with van der Waals surface area (Å²) in [6, 6.07) is 13.8. The second kappa shape index (κ2) is 19.6. The highest BCUT2D eigenvalue weighted by Crippen LogP contribution is 2.41. The van der Waals surface area contributed by atoms with Crippen molar-refractivity contribution in [1.82, 2.24) is 35.1 Å². The van der Waals surface area contributed by atoms with Gasteiger partial charge in [-0.05, 0) is 103 Å². The smallest absolute Gasteiger partial charge is 0.324 e. The van der Waals surface area contributed by atoms with Crippen molar-refractivity contribution in [3.05, 3.63) is 84.2 Å². The van der Waals surface area contributed by atoms with Crippen molar-refractivity contribution >= 4 is 40.5 Å². The van der Waals surface area contributed by atoms with Crippen LogP contribution in [0, 0.1) is 23.2 Å². The van der Waals surface area contributed by atoms with Crippen LogP contribution in [0.3, 0.4) is 0 Å². The number of carbonyl (C=O) groups is 5. The number of amides is 4. The summed E-state index contributed by atoms with van der Waals surface area (Å²) in [6.45, 7) is 12.8. The van der Waals surface area contributed by atoms with Crippen molar-refractivity contribution < 1.29 is 38.6 Å². The van der Waals surface area contributed by atoms with Gasteiger partial charge in [0.15, 0.2) is 0 Å². The van der Waals surface area contributed by atoms with Crippen LogP contribution in [-0.4, -0.2) is 118 Å². The Morgan fingerprint density at radius 1 is 1.11 bits per heavy atom. The van der Waals surface area contributed by atoms with E-state index in [-0.39, 0.29) is 55.5 Å². The minimum Gasteiger partial charge on any atom is -0.508 e. The standard InChI is InChI=1S/C50H63N7O8/c1-9-43(59)56-19-16-33(27-56)47(61)55(7)44(30(2)3)46(60)52-26-35-21-31-20-34(23-36(58)22-31)32-14-15-42-38(24-32)39(45(54(42)6)37-12-10-17-51-41(37)28-64-8)25-50(4,5)29-65-49(63)40-13-11-18-57(53-40)48(35)62/h9-10,12,14-15,17,20,22-24,30,33,35,40,44,53,58H,1,11,13,16,18-19,21,25-29H2,2-8H3,(H,52,60)/t33-,35+,40-,44-/m0/s1. The maximum absolute atomic E-state index is 14.6. The fourth-order valence-electron chi connectivity index (χ4n) is 9.82. The lowest BCUT2D eigenvalue weighted by Gasteiger charge is -2.36. The Morgan fingerprint density at radius 3 is 2.63 bits per heavy atom. The minimum absolute atomic E-state index is 0.0242. The highest BCUT2D eigenvalue weighted by molar-refractivity contribution is 5.95. The monoisotopic (exact) mass is 889 g/mol. The van der Waals surface area contributed by atoms with E-state index in [9.17, 15) is 29.1 Å². The Bertz CT molecular complexity index is 2480. The van der Waals surface area contributed by atoms with Crippen LogP contribution in [0.2, 0.25) is 0 Å². The first kappa shape index (κ1) is 46.9. The highest BCUT2D eigenvalue weighted by Gasteiger charge is 2.39. The molecule has 2 aromatic heterocycles. The van der Waals surface area contributed by atoms with Crippen molar-refractivity contribution in [2.75, 3.05) is 46.9 Å². The highest BCUT2D eigenvalue weighted by atomic mass is 16.5. The van der Waals surface area contributed by atoms with Gasteiger partial charge in [0, 0.05) is 75.5 Å². The number of fused-ring (bicyclic) bond motifs is 6. The van der Waals surface area contributed by atoms with Crippen molar-refractivity contribution in [3.63, 3.8) is 0 Å². The Morgan fingerprint density at radius 2 is 1.89 bits per heavy atom. The molecular formula is C50H63N7O8. The van der Waals surface area contributed by atoms with E-state index in [1.807, 2.05) is 45.2 Å². The number of esters is 1. The summed E-state index contributed by atoms with van der Waals surface area (Å²) >= 11 is 0. The van der Waals surface area contributed by atoms with E-state index >= 15 is 0 Å². The average Bonchev–Trinajstić information content (AvgIpc) is 3.88. The molecule has 7 rings (SSSR count). The summed E-state index contributed by atoms with van der Waals surface area (Å²) in [4.78, 5) is 76.3. The number of methoxy groups -OCH3 is 1. The van der Waals surface area contributed by atoms with Gasteiger partial charge in [0.25, 0.3) is 0 Å². The molecule has 4 aromatic rings. The lowest BCUT2D eigenvalue weighted by Crippen LogP contribution is -2.58. The predicted octanol–water partition coefficient (Wildman–Crippen LogP) is 5.17. The zero-order valence-electron chi connectivity index (χ0n) is 38.7. The number of likely N-dealkylation sites (N-methyl/N-ethyl adjacent to an activating group) is 1. The molecule has 0 unspecified atom stereocenters. The van der Waals surface area contributed by atoms with Gasteiger partial charge in [-0.15, -0.1) is 0 Å². The van der Waals surface area contributed by atoms with E-state index in [1.54, 1.807) is 37.4 Å². The van der Waals surface area contributed by atoms with Gasteiger partial charge in [-0.1, -0.05) is 46.4 Å². The number of carbonyl (C=O) groups excluding carboxylic acids is 5. The lowest BCUT2D eigenvalue weighted by molar-refractivity contribution is -0.155. The maximum atomic E-state index is 14.6. The van der Waals surface area contributed by atoms with Crippen molar-refractivity contribution in [2.24, 2.45) is 30.2 Å². The number of phenolic OH excluding ortho intramolecular Hbond substituents is 1. The number of nitrogens with zero attached hydrogens (tertiary/aromatic N) is 5. The number of hydrogen-bond acceptors (Lipinski definition) is 10. The van der Waals surface area contributed by atoms with Gasteiger partial charge >= 0.3 is 5.97 Å². The Labute approximate surface area is 381 Å². The summed E-state index contributed by atoms with van der Waals surface area (Å²) in [7, 11) is 5.29. The van der Waals surface area contributed by atoms with Crippen molar-refractivity contribution in [1.29, 1.82) is 0 Å². The molecule has 3 N–H and O–H groups in total. The molecule has 65 heavy (non-hydrogen) atoms. The second-order valence-corrected chi connectivity index (χ2v) is 19.0.